The van der Waals surface area contributed by atoms with E-state index in [9.17, 15) is 4.39 Å². The Morgan fingerprint density at radius 2 is 2.05 bits per heavy atom. The van der Waals surface area contributed by atoms with Gasteiger partial charge in [-0.25, -0.2) is 4.39 Å². The highest BCUT2D eigenvalue weighted by molar-refractivity contribution is 6.30. The molecule has 2 aromatic rings. The Morgan fingerprint density at radius 3 is 2.70 bits per heavy atom. The molecule has 2 N–H and O–H groups in total. The van der Waals surface area contributed by atoms with E-state index in [1.807, 2.05) is 19.9 Å². The number of hydrogen-bond acceptors (Lipinski definition) is 3. The van der Waals surface area contributed by atoms with Crippen LogP contribution in [-0.4, -0.2) is 10.2 Å². The van der Waals surface area contributed by atoms with Crippen LogP contribution in [0.5, 0.6) is 0 Å². The van der Waals surface area contributed by atoms with Gasteiger partial charge in [0.25, 0.3) is 0 Å². The van der Waals surface area contributed by atoms with Gasteiger partial charge < -0.3 is 5.73 Å². The van der Waals surface area contributed by atoms with Crippen molar-refractivity contribution in [1.29, 1.82) is 0 Å². The first-order chi connectivity index (χ1) is 9.51. The molecule has 1 unspecified atom stereocenters. The maximum atomic E-state index is 13.1. The normalized spacial score (nSPS) is 12.4. The fourth-order valence-corrected chi connectivity index (χ4v) is 2.36. The fourth-order valence-electron chi connectivity index (χ4n) is 2.16. The molecule has 20 heavy (non-hydrogen) atoms. The van der Waals surface area contributed by atoms with Crippen LogP contribution in [0.4, 0.5) is 4.39 Å². The van der Waals surface area contributed by atoms with Crippen molar-refractivity contribution in [3.05, 3.63) is 57.6 Å². The number of rotatable bonds is 4. The van der Waals surface area contributed by atoms with E-state index in [0.717, 1.165) is 28.9 Å². The molecule has 1 atom stereocenters. The molecule has 2 rings (SSSR count). The zero-order chi connectivity index (χ0) is 14.7. The lowest BCUT2D eigenvalue weighted by Crippen LogP contribution is -2.17. The molecule has 0 fully saturated rings. The Morgan fingerprint density at radius 1 is 1.30 bits per heavy atom. The Labute approximate surface area is 123 Å². The van der Waals surface area contributed by atoms with E-state index in [2.05, 4.69) is 10.2 Å². The quantitative estimate of drug-likeness (QED) is 0.940. The van der Waals surface area contributed by atoms with Crippen LogP contribution in [-0.2, 0) is 12.8 Å². The van der Waals surface area contributed by atoms with Gasteiger partial charge in [-0.1, -0.05) is 24.6 Å². The van der Waals surface area contributed by atoms with E-state index >= 15 is 0 Å². The first-order valence-electron chi connectivity index (χ1n) is 6.54. The number of halogens is 2. The highest BCUT2D eigenvalue weighted by Crippen LogP contribution is 2.22. The minimum Gasteiger partial charge on any atom is -0.324 e. The van der Waals surface area contributed by atoms with Gasteiger partial charge in [0.15, 0.2) is 0 Å². The number of benzene rings is 1. The molecule has 0 spiro atoms. The third-order valence-corrected chi connectivity index (χ3v) is 3.49. The third kappa shape index (κ3) is 3.32. The number of nitrogens with two attached hydrogens (primary N) is 1. The molecule has 3 nitrogen and oxygen atoms in total. The Hall–Kier alpha value is -1.52. The van der Waals surface area contributed by atoms with Crippen molar-refractivity contribution in [2.24, 2.45) is 5.73 Å². The minimum absolute atomic E-state index is 0.120. The minimum atomic E-state index is -0.417. The first kappa shape index (κ1) is 14.9. The second-order valence-electron chi connectivity index (χ2n) is 4.80. The first-order valence-corrected chi connectivity index (χ1v) is 6.91. The molecule has 1 aromatic heterocycles. The van der Waals surface area contributed by atoms with Crippen LogP contribution in [0.15, 0.2) is 24.3 Å². The molecule has 1 aromatic carbocycles. The van der Waals surface area contributed by atoms with Gasteiger partial charge in [-0.2, -0.15) is 10.2 Å². The SMILES string of the molecule is CCc1nnc(C)cc1C(N)Cc1ccc(F)c(Cl)c1. The lowest BCUT2D eigenvalue weighted by atomic mass is 9.97. The summed E-state index contributed by atoms with van der Waals surface area (Å²) in [5.74, 6) is -0.417. The molecule has 0 aliphatic heterocycles. The van der Waals surface area contributed by atoms with Gasteiger partial charge in [-0.3, -0.25) is 0 Å². The summed E-state index contributed by atoms with van der Waals surface area (Å²) in [6.45, 7) is 3.90. The summed E-state index contributed by atoms with van der Waals surface area (Å²) in [6, 6.07) is 6.43. The molecule has 0 amide bonds. The van der Waals surface area contributed by atoms with Gasteiger partial charge in [0, 0.05) is 6.04 Å². The standard InChI is InChI=1S/C15H17ClFN3/c1-3-15-11(6-9(2)19-20-15)14(18)8-10-4-5-13(17)12(16)7-10/h4-7,14H,3,8,18H2,1-2H3. The molecule has 0 aliphatic rings. The van der Waals surface area contributed by atoms with Crippen molar-refractivity contribution in [3.63, 3.8) is 0 Å². The lowest BCUT2D eigenvalue weighted by Gasteiger charge is -2.15. The van der Waals surface area contributed by atoms with Gasteiger partial charge in [-0.15, -0.1) is 0 Å². The maximum Gasteiger partial charge on any atom is 0.141 e. The van der Waals surface area contributed by atoms with E-state index in [0.29, 0.717) is 6.42 Å². The second kappa shape index (κ2) is 6.29. The predicted molar refractivity (Wildman–Crippen MR) is 78.2 cm³/mol. The number of aryl methyl sites for hydroxylation is 2. The topological polar surface area (TPSA) is 51.8 Å². The maximum absolute atomic E-state index is 13.1. The third-order valence-electron chi connectivity index (χ3n) is 3.20. The highest BCUT2D eigenvalue weighted by atomic mass is 35.5. The second-order valence-corrected chi connectivity index (χ2v) is 5.21. The molecule has 0 bridgehead atoms. The van der Waals surface area contributed by atoms with Gasteiger partial charge in [0.2, 0.25) is 0 Å². The molecule has 5 heteroatoms. The van der Waals surface area contributed by atoms with Gasteiger partial charge in [0.05, 0.1) is 16.4 Å². The van der Waals surface area contributed by atoms with Crippen molar-refractivity contribution in [3.8, 4) is 0 Å². The fraction of sp³-hybridized carbons (Fsp3) is 0.333. The van der Waals surface area contributed by atoms with Crippen LogP contribution in [0.1, 0.15) is 35.5 Å². The van der Waals surface area contributed by atoms with Gasteiger partial charge in [-0.05, 0) is 49.1 Å². The summed E-state index contributed by atoms with van der Waals surface area (Å²) in [4.78, 5) is 0. The summed E-state index contributed by atoms with van der Waals surface area (Å²) in [5, 5.41) is 8.34. The largest absolute Gasteiger partial charge is 0.324 e. The molecule has 0 aliphatic carbocycles. The van der Waals surface area contributed by atoms with Crippen molar-refractivity contribution >= 4 is 11.6 Å². The van der Waals surface area contributed by atoms with Gasteiger partial charge >= 0.3 is 0 Å². The molecular formula is C15H17ClFN3. The average Bonchev–Trinajstić information content (AvgIpc) is 2.43. The van der Waals surface area contributed by atoms with Crippen LogP contribution in [0.2, 0.25) is 5.02 Å². The smallest absolute Gasteiger partial charge is 0.141 e. The van der Waals surface area contributed by atoms with Crippen LogP contribution in [0.25, 0.3) is 0 Å². The van der Waals surface area contributed by atoms with E-state index in [1.54, 1.807) is 12.1 Å². The molecule has 0 saturated carbocycles. The molecule has 106 valence electrons. The van der Waals surface area contributed by atoms with Gasteiger partial charge in [0.1, 0.15) is 5.82 Å². The predicted octanol–water partition coefficient (Wildman–Crippen LogP) is 3.38. The summed E-state index contributed by atoms with van der Waals surface area (Å²) >= 11 is 5.79. The summed E-state index contributed by atoms with van der Waals surface area (Å²) < 4.78 is 13.1. The zero-order valence-corrected chi connectivity index (χ0v) is 12.3. The highest BCUT2D eigenvalue weighted by Gasteiger charge is 2.14. The van der Waals surface area contributed by atoms with Crippen LogP contribution >= 0.6 is 11.6 Å². The van der Waals surface area contributed by atoms with Crippen molar-refractivity contribution in [1.82, 2.24) is 10.2 Å². The lowest BCUT2D eigenvalue weighted by molar-refractivity contribution is 0.625. The number of nitrogens with zero attached hydrogens (tertiary/aromatic N) is 2. The summed E-state index contributed by atoms with van der Waals surface area (Å²) in [6.07, 6.45) is 1.36. The van der Waals surface area contributed by atoms with E-state index in [4.69, 9.17) is 17.3 Å². The monoisotopic (exact) mass is 293 g/mol. The van der Waals surface area contributed by atoms with Crippen LogP contribution in [0, 0.1) is 12.7 Å². The van der Waals surface area contributed by atoms with Crippen molar-refractivity contribution in [2.75, 3.05) is 0 Å². The number of aromatic nitrogens is 2. The Balaban J connectivity index is 2.25. The summed E-state index contributed by atoms with van der Waals surface area (Å²) in [5.41, 5.74) is 9.88. The van der Waals surface area contributed by atoms with Crippen molar-refractivity contribution in [2.45, 2.75) is 32.7 Å². The molecule has 1 heterocycles. The molecule has 0 saturated heterocycles. The van der Waals surface area contributed by atoms with E-state index < -0.39 is 5.82 Å². The van der Waals surface area contributed by atoms with Crippen molar-refractivity contribution < 1.29 is 4.39 Å². The Kier molecular flexibility index (Phi) is 4.68. The van der Waals surface area contributed by atoms with Crippen LogP contribution in [0.3, 0.4) is 0 Å². The zero-order valence-electron chi connectivity index (χ0n) is 11.5. The van der Waals surface area contributed by atoms with E-state index in [-0.39, 0.29) is 11.1 Å². The molecular weight excluding hydrogens is 277 g/mol. The molecule has 0 radical (unpaired) electrons. The number of hydrogen-bond donors (Lipinski definition) is 1. The van der Waals surface area contributed by atoms with Crippen LogP contribution < -0.4 is 5.73 Å². The average molecular weight is 294 g/mol. The summed E-state index contributed by atoms with van der Waals surface area (Å²) in [7, 11) is 0. The van der Waals surface area contributed by atoms with E-state index in [1.165, 1.54) is 6.07 Å². The Bertz CT molecular complexity index is 616.